The van der Waals surface area contributed by atoms with Crippen LogP contribution in [0.5, 0.6) is 0 Å². The fourth-order valence-corrected chi connectivity index (χ4v) is 2.16. The number of hydrogen-bond donors (Lipinski definition) is 1. The molecule has 0 unspecified atom stereocenters. The van der Waals surface area contributed by atoms with E-state index in [2.05, 4.69) is 10.1 Å². The summed E-state index contributed by atoms with van der Waals surface area (Å²) >= 11 is 0. The van der Waals surface area contributed by atoms with Crippen molar-refractivity contribution in [3.63, 3.8) is 0 Å². The Balaban J connectivity index is 1.72. The van der Waals surface area contributed by atoms with Gasteiger partial charge < -0.3 is 14.4 Å². The van der Waals surface area contributed by atoms with Crippen LogP contribution in [0.25, 0.3) is 0 Å². The van der Waals surface area contributed by atoms with E-state index >= 15 is 0 Å². The number of ether oxygens (including phenoxy) is 1. The molecule has 0 aromatic carbocycles. The predicted molar refractivity (Wildman–Crippen MR) is 62.6 cm³/mol. The number of hydrogen-bond acceptors (Lipinski definition) is 5. The van der Waals surface area contributed by atoms with Crippen molar-refractivity contribution in [3.05, 3.63) is 17.5 Å². The zero-order chi connectivity index (χ0) is 12.1. The normalized spacial score (nSPS) is 18.7. The van der Waals surface area contributed by atoms with Crippen LogP contribution >= 0.6 is 0 Å². The van der Waals surface area contributed by atoms with Crippen molar-refractivity contribution in [1.29, 1.82) is 0 Å². The highest BCUT2D eigenvalue weighted by Crippen LogP contribution is 2.16. The number of aliphatic hydroxyl groups is 1. The van der Waals surface area contributed by atoms with Crippen molar-refractivity contribution in [3.8, 4) is 0 Å². The number of aliphatic hydroxyl groups excluding tert-OH is 1. The summed E-state index contributed by atoms with van der Waals surface area (Å²) < 4.78 is 10.7. The molecule has 17 heavy (non-hydrogen) atoms. The summed E-state index contributed by atoms with van der Waals surface area (Å²) in [4.78, 5) is 2.35. The van der Waals surface area contributed by atoms with Gasteiger partial charge in [0.2, 0.25) is 0 Å². The van der Waals surface area contributed by atoms with Crippen LogP contribution in [0.4, 0.5) is 0 Å². The van der Waals surface area contributed by atoms with E-state index < -0.39 is 0 Å². The minimum absolute atomic E-state index is 0.109. The SMILES string of the molecule is Cc1cc(CN2CCC(OCCO)CC2)on1. The highest BCUT2D eigenvalue weighted by molar-refractivity contribution is 5.02. The van der Waals surface area contributed by atoms with Crippen LogP contribution < -0.4 is 0 Å². The standard InChI is InChI=1S/C12H20N2O3/c1-10-8-12(17-13-10)9-14-4-2-11(3-5-14)16-7-6-15/h8,11,15H,2-7,9H2,1H3. The first-order valence-electron chi connectivity index (χ1n) is 6.15. The highest BCUT2D eigenvalue weighted by atomic mass is 16.5. The van der Waals surface area contributed by atoms with E-state index in [9.17, 15) is 0 Å². The Morgan fingerprint density at radius 2 is 2.29 bits per heavy atom. The van der Waals surface area contributed by atoms with Crippen molar-refractivity contribution in [2.45, 2.75) is 32.4 Å². The van der Waals surface area contributed by atoms with Gasteiger partial charge in [-0.2, -0.15) is 0 Å². The van der Waals surface area contributed by atoms with Gasteiger partial charge in [0.25, 0.3) is 0 Å². The average Bonchev–Trinajstić information content (AvgIpc) is 2.74. The Kier molecular flexibility index (Phi) is 4.53. The predicted octanol–water partition coefficient (Wildman–Crippen LogP) is 0.956. The second-order valence-electron chi connectivity index (χ2n) is 4.50. The molecule has 2 rings (SSSR count). The fourth-order valence-electron chi connectivity index (χ4n) is 2.16. The molecule has 1 aliphatic heterocycles. The lowest BCUT2D eigenvalue weighted by Gasteiger charge is -2.30. The van der Waals surface area contributed by atoms with Gasteiger partial charge >= 0.3 is 0 Å². The Hall–Kier alpha value is -0.910. The molecule has 0 atom stereocenters. The van der Waals surface area contributed by atoms with E-state index in [1.54, 1.807) is 0 Å². The number of piperidine rings is 1. The number of aryl methyl sites for hydroxylation is 1. The third-order valence-corrected chi connectivity index (χ3v) is 3.04. The Bertz CT molecular complexity index is 332. The number of aromatic nitrogens is 1. The smallest absolute Gasteiger partial charge is 0.150 e. The zero-order valence-corrected chi connectivity index (χ0v) is 10.3. The summed E-state index contributed by atoms with van der Waals surface area (Å²) in [6.45, 7) is 5.34. The molecule has 5 nitrogen and oxygen atoms in total. The first-order chi connectivity index (χ1) is 8.28. The van der Waals surface area contributed by atoms with Crippen LogP contribution in [-0.4, -0.2) is 47.6 Å². The number of nitrogens with zero attached hydrogens (tertiary/aromatic N) is 2. The van der Waals surface area contributed by atoms with Crippen molar-refractivity contribution >= 4 is 0 Å². The van der Waals surface area contributed by atoms with Gasteiger partial charge in [-0.1, -0.05) is 5.16 Å². The third kappa shape index (κ3) is 3.80. The Morgan fingerprint density at radius 3 is 2.88 bits per heavy atom. The van der Waals surface area contributed by atoms with Crippen molar-refractivity contribution < 1.29 is 14.4 Å². The second-order valence-corrected chi connectivity index (χ2v) is 4.50. The molecule has 0 saturated carbocycles. The molecule has 1 aromatic rings. The molecule has 0 amide bonds. The molecular weight excluding hydrogens is 220 g/mol. The Morgan fingerprint density at radius 1 is 1.53 bits per heavy atom. The average molecular weight is 240 g/mol. The van der Waals surface area contributed by atoms with Gasteiger partial charge in [-0.05, 0) is 19.8 Å². The number of rotatable bonds is 5. The molecule has 1 aromatic heterocycles. The summed E-state index contributed by atoms with van der Waals surface area (Å²) in [5.74, 6) is 0.928. The molecule has 2 heterocycles. The lowest BCUT2D eigenvalue weighted by Crippen LogP contribution is -2.36. The monoisotopic (exact) mass is 240 g/mol. The van der Waals surface area contributed by atoms with E-state index in [-0.39, 0.29) is 6.61 Å². The molecule has 5 heteroatoms. The Labute approximate surface area is 101 Å². The maximum Gasteiger partial charge on any atom is 0.150 e. The van der Waals surface area contributed by atoms with Crippen LogP contribution in [-0.2, 0) is 11.3 Å². The van der Waals surface area contributed by atoms with Gasteiger partial charge in [-0.25, -0.2) is 0 Å². The molecule has 1 fully saturated rings. The van der Waals surface area contributed by atoms with E-state index in [1.807, 2.05) is 13.0 Å². The molecule has 1 N–H and O–H groups in total. The molecule has 96 valence electrons. The lowest BCUT2D eigenvalue weighted by atomic mass is 10.1. The van der Waals surface area contributed by atoms with Crippen molar-refractivity contribution in [1.82, 2.24) is 10.1 Å². The van der Waals surface area contributed by atoms with Crippen LogP contribution in [0.15, 0.2) is 10.6 Å². The maximum absolute atomic E-state index is 8.69. The minimum Gasteiger partial charge on any atom is -0.394 e. The second kappa shape index (κ2) is 6.14. The van der Waals surface area contributed by atoms with Gasteiger partial charge in [0.05, 0.1) is 31.6 Å². The fraction of sp³-hybridized carbons (Fsp3) is 0.750. The van der Waals surface area contributed by atoms with Gasteiger partial charge in [0.15, 0.2) is 5.76 Å². The van der Waals surface area contributed by atoms with Crippen molar-refractivity contribution in [2.24, 2.45) is 0 Å². The molecule has 0 radical (unpaired) electrons. The van der Waals surface area contributed by atoms with Gasteiger partial charge in [-0.15, -0.1) is 0 Å². The van der Waals surface area contributed by atoms with Crippen LogP contribution in [0.2, 0.25) is 0 Å². The first kappa shape index (κ1) is 12.5. The summed E-state index contributed by atoms with van der Waals surface area (Å²) in [7, 11) is 0. The summed E-state index contributed by atoms with van der Waals surface area (Å²) in [5.41, 5.74) is 0.932. The molecular formula is C12H20N2O3. The van der Waals surface area contributed by atoms with Gasteiger partial charge in [0.1, 0.15) is 0 Å². The molecule has 1 aliphatic rings. The van der Waals surface area contributed by atoms with Crippen LogP contribution in [0.1, 0.15) is 24.3 Å². The van der Waals surface area contributed by atoms with Gasteiger partial charge in [-0.3, -0.25) is 4.90 Å². The van der Waals surface area contributed by atoms with Crippen molar-refractivity contribution in [2.75, 3.05) is 26.3 Å². The topological polar surface area (TPSA) is 58.7 Å². The summed E-state index contributed by atoms with van der Waals surface area (Å²) in [6.07, 6.45) is 2.34. The van der Waals surface area contributed by atoms with E-state index in [0.29, 0.717) is 12.7 Å². The minimum atomic E-state index is 0.109. The highest BCUT2D eigenvalue weighted by Gasteiger charge is 2.20. The molecule has 0 spiro atoms. The maximum atomic E-state index is 8.69. The zero-order valence-electron chi connectivity index (χ0n) is 10.3. The summed E-state index contributed by atoms with van der Waals surface area (Å²) in [5, 5.41) is 12.6. The summed E-state index contributed by atoms with van der Waals surface area (Å²) in [6, 6.07) is 1.98. The van der Waals surface area contributed by atoms with Gasteiger partial charge in [0, 0.05) is 19.2 Å². The largest absolute Gasteiger partial charge is 0.394 e. The molecule has 0 bridgehead atoms. The third-order valence-electron chi connectivity index (χ3n) is 3.04. The van der Waals surface area contributed by atoms with Crippen LogP contribution in [0.3, 0.4) is 0 Å². The van der Waals surface area contributed by atoms with Crippen LogP contribution in [0, 0.1) is 6.92 Å². The quantitative estimate of drug-likeness (QED) is 0.830. The number of likely N-dealkylation sites (tertiary alicyclic amines) is 1. The molecule has 0 aliphatic carbocycles. The molecule has 1 saturated heterocycles. The lowest BCUT2D eigenvalue weighted by molar-refractivity contribution is -0.0101. The van der Waals surface area contributed by atoms with E-state index in [4.69, 9.17) is 14.4 Å². The first-order valence-corrected chi connectivity index (χ1v) is 6.15. The van der Waals surface area contributed by atoms with E-state index in [1.165, 1.54) is 0 Å². The van der Waals surface area contributed by atoms with E-state index in [0.717, 1.165) is 43.9 Å².